The number of benzene rings is 3. The van der Waals surface area contributed by atoms with E-state index >= 15 is 0 Å². The summed E-state index contributed by atoms with van der Waals surface area (Å²) in [6.07, 6.45) is 0. The van der Waals surface area contributed by atoms with Gasteiger partial charge in [0.25, 0.3) is 23.4 Å². The first-order valence-electron chi connectivity index (χ1n) is 8.70. The lowest BCUT2D eigenvalue weighted by Crippen LogP contribution is -2.29. The van der Waals surface area contributed by atoms with Crippen LogP contribution in [0, 0.1) is 10.1 Å². The zero-order valence-electron chi connectivity index (χ0n) is 15.2. The fourth-order valence-corrected chi connectivity index (χ4v) is 3.32. The molecule has 1 heterocycles. The van der Waals surface area contributed by atoms with Gasteiger partial charge in [-0.1, -0.05) is 23.7 Å². The molecule has 0 saturated heterocycles. The summed E-state index contributed by atoms with van der Waals surface area (Å²) in [6, 6.07) is 16.2. The Morgan fingerprint density at radius 2 is 1.53 bits per heavy atom. The van der Waals surface area contributed by atoms with E-state index in [2.05, 4.69) is 5.32 Å². The van der Waals surface area contributed by atoms with Crippen LogP contribution in [0.2, 0.25) is 5.02 Å². The molecule has 0 fully saturated rings. The summed E-state index contributed by atoms with van der Waals surface area (Å²) in [7, 11) is 0. The summed E-state index contributed by atoms with van der Waals surface area (Å²) in [5.41, 5.74) is 1.08. The number of rotatable bonds is 4. The highest BCUT2D eigenvalue weighted by Crippen LogP contribution is 2.29. The third-order valence-corrected chi connectivity index (χ3v) is 4.91. The van der Waals surface area contributed by atoms with Gasteiger partial charge in [-0.2, -0.15) is 0 Å². The molecule has 9 heteroatoms. The number of nitro groups is 1. The molecule has 0 radical (unpaired) electrons. The summed E-state index contributed by atoms with van der Waals surface area (Å²) in [6.45, 7) is 0. The predicted octanol–water partition coefficient (Wildman–Crippen LogP) is 4.30. The van der Waals surface area contributed by atoms with Gasteiger partial charge in [0, 0.05) is 17.8 Å². The number of non-ortho nitro benzene ring substituents is 1. The van der Waals surface area contributed by atoms with Crippen molar-refractivity contribution in [2.24, 2.45) is 0 Å². The van der Waals surface area contributed by atoms with Crippen molar-refractivity contribution < 1.29 is 19.3 Å². The minimum absolute atomic E-state index is 0.0460. The highest BCUT2D eigenvalue weighted by atomic mass is 35.5. The second-order valence-electron chi connectivity index (χ2n) is 6.41. The molecule has 0 spiro atoms. The Morgan fingerprint density at radius 3 is 2.10 bits per heavy atom. The van der Waals surface area contributed by atoms with Crippen LogP contribution in [0.1, 0.15) is 31.1 Å². The smallest absolute Gasteiger partial charge is 0.270 e. The number of hydrogen-bond acceptors (Lipinski definition) is 5. The van der Waals surface area contributed by atoms with Crippen LogP contribution in [0.5, 0.6) is 0 Å². The zero-order valence-corrected chi connectivity index (χ0v) is 15.9. The van der Waals surface area contributed by atoms with Crippen LogP contribution in [0.3, 0.4) is 0 Å². The minimum atomic E-state index is -0.628. The molecule has 3 amide bonds. The highest BCUT2D eigenvalue weighted by Gasteiger charge is 2.36. The number of fused-ring (bicyclic) bond motifs is 1. The van der Waals surface area contributed by atoms with Gasteiger partial charge in [0.1, 0.15) is 0 Å². The lowest BCUT2D eigenvalue weighted by Gasteiger charge is -2.14. The van der Waals surface area contributed by atoms with Crippen LogP contribution in [0.15, 0.2) is 66.7 Å². The van der Waals surface area contributed by atoms with Gasteiger partial charge in [-0.05, 0) is 42.5 Å². The maximum Gasteiger partial charge on any atom is 0.270 e. The SMILES string of the molecule is O=C(Nc1ccc(N2C(=O)c3ccccc3C2=O)cc1)c1cc([N+](=O)[O-])ccc1Cl. The van der Waals surface area contributed by atoms with Crippen LogP contribution in [0.25, 0.3) is 0 Å². The first-order chi connectivity index (χ1) is 14.4. The maximum atomic E-state index is 12.5. The number of carbonyl (C=O) groups is 3. The quantitative estimate of drug-likeness (QED) is 0.383. The number of amides is 3. The molecular weight excluding hydrogens is 410 g/mol. The fraction of sp³-hybridized carbons (Fsp3) is 0. The summed E-state index contributed by atoms with van der Waals surface area (Å²) in [4.78, 5) is 48.9. The Bertz CT molecular complexity index is 1190. The lowest BCUT2D eigenvalue weighted by molar-refractivity contribution is -0.384. The second-order valence-corrected chi connectivity index (χ2v) is 6.82. The van der Waals surface area contributed by atoms with Crippen molar-refractivity contribution in [3.05, 3.63) is 98.6 Å². The second kappa shape index (κ2) is 7.41. The number of imide groups is 1. The summed E-state index contributed by atoms with van der Waals surface area (Å²) >= 11 is 5.98. The van der Waals surface area contributed by atoms with Crippen molar-refractivity contribution in [2.45, 2.75) is 0 Å². The number of nitrogens with one attached hydrogen (secondary N) is 1. The lowest BCUT2D eigenvalue weighted by atomic mass is 10.1. The largest absolute Gasteiger partial charge is 0.322 e. The molecule has 0 saturated carbocycles. The van der Waals surface area contributed by atoms with E-state index in [1.165, 1.54) is 36.4 Å². The van der Waals surface area contributed by atoms with E-state index in [-0.39, 0.29) is 16.3 Å². The summed E-state index contributed by atoms with van der Waals surface area (Å²) in [5.74, 6) is -1.47. The Labute approximate surface area is 174 Å². The molecule has 1 aliphatic rings. The molecule has 0 unspecified atom stereocenters. The monoisotopic (exact) mass is 421 g/mol. The van der Waals surface area contributed by atoms with Crippen LogP contribution < -0.4 is 10.2 Å². The molecule has 30 heavy (non-hydrogen) atoms. The van der Waals surface area contributed by atoms with Crippen molar-refractivity contribution in [3.63, 3.8) is 0 Å². The summed E-state index contributed by atoms with van der Waals surface area (Å²) < 4.78 is 0. The van der Waals surface area contributed by atoms with Gasteiger partial charge in [0.05, 0.1) is 32.3 Å². The third-order valence-electron chi connectivity index (χ3n) is 4.58. The zero-order chi connectivity index (χ0) is 21.4. The molecule has 8 nitrogen and oxygen atoms in total. The molecule has 1 aliphatic heterocycles. The van der Waals surface area contributed by atoms with Crippen molar-refractivity contribution in [3.8, 4) is 0 Å². The number of halogens is 1. The van der Waals surface area contributed by atoms with Gasteiger partial charge < -0.3 is 5.32 Å². The Balaban J connectivity index is 1.55. The average Bonchev–Trinajstić information content (AvgIpc) is 2.99. The van der Waals surface area contributed by atoms with Crippen molar-refractivity contribution in [2.75, 3.05) is 10.2 Å². The number of nitrogens with zero attached hydrogens (tertiary/aromatic N) is 2. The number of hydrogen-bond donors (Lipinski definition) is 1. The van der Waals surface area contributed by atoms with E-state index < -0.39 is 22.6 Å². The Kier molecular flexibility index (Phi) is 4.77. The van der Waals surface area contributed by atoms with Crippen molar-refractivity contribution >= 4 is 46.4 Å². The normalized spacial score (nSPS) is 12.6. The van der Waals surface area contributed by atoms with Crippen molar-refractivity contribution in [1.29, 1.82) is 0 Å². The van der Waals surface area contributed by atoms with Crippen LogP contribution in [-0.4, -0.2) is 22.6 Å². The minimum Gasteiger partial charge on any atom is -0.322 e. The van der Waals surface area contributed by atoms with Crippen LogP contribution in [0.4, 0.5) is 17.1 Å². The Hall–Kier alpha value is -4.04. The number of carbonyl (C=O) groups excluding carboxylic acids is 3. The van der Waals surface area contributed by atoms with Gasteiger partial charge in [0.2, 0.25) is 0 Å². The fourth-order valence-electron chi connectivity index (χ4n) is 3.12. The molecule has 0 atom stereocenters. The topological polar surface area (TPSA) is 110 Å². The first kappa shape index (κ1) is 19.3. The predicted molar refractivity (Wildman–Crippen MR) is 110 cm³/mol. The maximum absolute atomic E-state index is 12.5. The van der Waals surface area contributed by atoms with E-state index in [9.17, 15) is 24.5 Å². The van der Waals surface area contributed by atoms with Gasteiger partial charge >= 0.3 is 0 Å². The number of nitro benzene ring substituents is 1. The van der Waals surface area contributed by atoms with Gasteiger partial charge in [-0.15, -0.1) is 0 Å². The van der Waals surface area contributed by atoms with Crippen LogP contribution >= 0.6 is 11.6 Å². The first-order valence-corrected chi connectivity index (χ1v) is 9.08. The van der Waals surface area contributed by atoms with Gasteiger partial charge in [-0.3, -0.25) is 24.5 Å². The molecular formula is C21H12ClN3O5. The van der Waals surface area contributed by atoms with E-state index in [0.29, 0.717) is 22.5 Å². The molecule has 0 aliphatic carbocycles. The Morgan fingerprint density at radius 1 is 0.933 bits per heavy atom. The number of anilines is 2. The summed E-state index contributed by atoms with van der Waals surface area (Å²) in [5, 5.41) is 13.6. The molecule has 3 aromatic rings. The highest BCUT2D eigenvalue weighted by molar-refractivity contribution is 6.35. The van der Waals surface area contributed by atoms with Gasteiger partial charge in [-0.25, -0.2) is 4.90 Å². The third kappa shape index (κ3) is 3.29. The molecule has 0 aromatic heterocycles. The molecule has 4 rings (SSSR count). The van der Waals surface area contributed by atoms with E-state index in [1.807, 2.05) is 0 Å². The molecule has 3 aromatic carbocycles. The average molecular weight is 422 g/mol. The van der Waals surface area contributed by atoms with E-state index in [4.69, 9.17) is 11.6 Å². The van der Waals surface area contributed by atoms with Gasteiger partial charge in [0.15, 0.2) is 0 Å². The molecule has 1 N–H and O–H groups in total. The molecule has 0 bridgehead atoms. The van der Waals surface area contributed by atoms with Crippen molar-refractivity contribution in [1.82, 2.24) is 0 Å². The van der Waals surface area contributed by atoms with E-state index in [0.717, 1.165) is 11.0 Å². The van der Waals surface area contributed by atoms with Crippen LogP contribution in [-0.2, 0) is 0 Å². The standard InChI is InChI=1S/C21H12ClN3O5/c22-18-10-9-14(25(29)30)11-17(18)19(26)23-12-5-7-13(8-6-12)24-20(27)15-3-1-2-4-16(15)21(24)28/h1-11H,(H,23,26). The molecule has 148 valence electrons. The van der Waals surface area contributed by atoms with E-state index in [1.54, 1.807) is 24.3 Å².